The van der Waals surface area contributed by atoms with Crippen molar-refractivity contribution in [2.45, 2.75) is 6.42 Å². The van der Waals surface area contributed by atoms with E-state index in [9.17, 15) is 9.59 Å². The van der Waals surface area contributed by atoms with Gasteiger partial charge in [-0.1, -0.05) is 0 Å². The lowest BCUT2D eigenvalue weighted by molar-refractivity contribution is 0.412. The van der Waals surface area contributed by atoms with Crippen LogP contribution in [0.4, 0.5) is 0 Å². The van der Waals surface area contributed by atoms with Crippen LogP contribution in [-0.2, 0) is 6.42 Å². The van der Waals surface area contributed by atoms with Gasteiger partial charge in [0.05, 0.1) is 0 Å². The van der Waals surface area contributed by atoms with Gasteiger partial charge < -0.3 is 9.88 Å². The number of nitrogens with zero attached hydrogens (tertiary/aromatic N) is 1. The van der Waals surface area contributed by atoms with Crippen molar-refractivity contribution in [2.24, 2.45) is 0 Å². The zero-order valence-corrected chi connectivity index (χ0v) is 7.76. The molecule has 5 nitrogen and oxygen atoms in total. The first kappa shape index (κ1) is 9.73. The Labute approximate surface area is 75.4 Å². The molecular weight excluding hydrogens is 170 g/mol. The van der Waals surface area contributed by atoms with Gasteiger partial charge in [-0.05, 0) is 20.5 Å². The maximum Gasteiger partial charge on any atom is 0.325 e. The maximum atomic E-state index is 11.2. The van der Waals surface area contributed by atoms with E-state index < -0.39 is 5.69 Å². The summed E-state index contributed by atoms with van der Waals surface area (Å²) in [5, 5.41) is 0. The topological polar surface area (TPSA) is 69.0 Å². The lowest BCUT2D eigenvalue weighted by Crippen LogP contribution is -2.26. The fourth-order valence-electron chi connectivity index (χ4n) is 0.967. The van der Waals surface area contributed by atoms with Gasteiger partial charge in [0, 0.05) is 18.3 Å². The van der Waals surface area contributed by atoms with E-state index in [1.165, 1.54) is 6.20 Å². The highest BCUT2D eigenvalue weighted by Gasteiger charge is 2.00. The average Bonchev–Trinajstić information content (AvgIpc) is 2.02. The Morgan fingerprint density at radius 3 is 2.62 bits per heavy atom. The van der Waals surface area contributed by atoms with Crippen LogP contribution in [0, 0.1) is 0 Å². The molecular formula is C8H13N3O2. The van der Waals surface area contributed by atoms with Gasteiger partial charge in [-0.3, -0.25) is 9.78 Å². The van der Waals surface area contributed by atoms with E-state index in [-0.39, 0.29) is 5.56 Å². The Bertz CT molecular complexity index is 377. The molecule has 0 aliphatic heterocycles. The monoisotopic (exact) mass is 183 g/mol. The Hall–Kier alpha value is -1.36. The number of rotatable bonds is 3. The van der Waals surface area contributed by atoms with Crippen LogP contribution in [0.5, 0.6) is 0 Å². The number of nitrogens with one attached hydrogen (secondary N) is 2. The summed E-state index contributed by atoms with van der Waals surface area (Å²) in [5.41, 5.74) is -0.155. The van der Waals surface area contributed by atoms with Crippen molar-refractivity contribution in [2.75, 3.05) is 20.6 Å². The molecule has 0 unspecified atom stereocenters. The van der Waals surface area contributed by atoms with Crippen molar-refractivity contribution < 1.29 is 0 Å². The zero-order valence-electron chi connectivity index (χ0n) is 7.76. The zero-order chi connectivity index (χ0) is 9.84. The minimum absolute atomic E-state index is 0.300. The SMILES string of the molecule is CN(C)CCc1c[nH]c(=O)[nH]c1=O. The van der Waals surface area contributed by atoms with Crippen LogP contribution in [-0.4, -0.2) is 35.5 Å². The fraction of sp³-hybridized carbons (Fsp3) is 0.500. The summed E-state index contributed by atoms with van der Waals surface area (Å²) in [6, 6.07) is 0. The summed E-state index contributed by atoms with van der Waals surface area (Å²) in [4.78, 5) is 28.4. The minimum atomic E-state index is -0.460. The van der Waals surface area contributed by atoms with Crippen LogP contribution in [0.2, 0.25) is 0 Å². The van der Waals surface area contributed by atoms with Gasteiger partial charge in [-0.15, -0.1) is 0 Å². The molecule has 1 rings (SSSR count). The summed E-state index contributed by atoms with van der Waals surface area (Å²) in [6.45, 7) is 0.787. The Morgan fingerprint density at radius 1 is 1.38 bits per heavy atom. The Morgan fingerprint density at radius 2 is 2.08 bits per heavy atom. The van der Waals surface area contributed by atoms with Crippen molar-refractivity contribution in [3.05, 3.63) is 32.6 Å². The first-order valence-electron chi connectivity index (χ1n) is 4.05. The van der Waals surface area contributed by atoms with E-state index in [0.717, 1.165) is 6.54 Å². The predicted octanol–water partition coefficient (Wildman–Crippen LogP) is -0.833. The second-order valence-electron chi connectivity index (χ2n) is 3.15. The first-order valence-corrected chi connectivity index (χ1v) is 4.05. The molecule has 5 heteroatoms. The second kappa shape index (κ2) is 4.04. The highest BCUT2D eigenvalue weighted by atomic mass is 16.2. The normalized spacial score (nSPS) is 10.7. The molecule has 0 saturated carbocycles. The number of likely N-dealkylation sites (N-methyl/N-ethyl adjacent to an activating group) is 1. The van der Waals surface area contributed by atoms with E-state index in [0.29, 0.717) is 12.0 Å². The molecule has 0 aliphatic rings. The van der Waals surface area contributed by atoms with E-state index in [1.54, 1.807) is 0 Å². The third-order valence-corrected chi connectivity index (χ3v) is 1.72. The molecule has 0 aliphatic carbocycles. The largest absolute Gasteiger partial charge is 0.325 e. The molecule has 0 bridgehead atoms. The Balaban J connectivity index is 2.79. The molecule has 2 N–H and O–H groups in total. The van der Waals surface area contributed by atoms with Gasteiger partial charge in [-0.2, -0.15) is 0 Å². The smallest absolute Gasteiger partial charge is 0.314 e. The van der Waals surface area contributed by atoms with Gasteiger partial charge in [0.2, 0.25) is 0 Å². The standard InChI is InChI=1S/C8H13N3O2/c1-11(2)4-3-6-5-9-8(13)10-7(6)12/h5H,3-4H2,1-2H3,(H2,9,10,12,13). The minimum Gasteiger partial charge on any atom is -0.314 e. The van der Waals surface area contributed by atoms with Crippen molar-refractivity contribution in [1.29, 1.82) is 0 Å². The summed E-state index contributed by atoms with van der Waals surface area (Å²) < 4.78 is 0. The van der Waals surface area contributed by atoms with Crippen LogP contribution in [0.1, 0.15) is 5.56 Å². The molecule has 0 amide bonds. The molecule has 0 fully saturated rings. The number of aromatic amines is 2. The van der Waals surface area contributed by atoms with E-state index >= 15 is 0 Å². The van der Waals surface area contributed by atoms with Crippen LogP contribution in [0.15, 0.2) is 15.8 Å². The molecule has 13 heavy (non-hydrogen) atoms. The second-order valence-corrected chi connectivity index (χ2v) is 3.15. The summed E-state index contributed by atoms with van der Waals surface area (Å²) in [5.74, 6) is 0. The molecule has 0 spiro atoms. The fourth-order valence-corrected chi connectivity index (χ4v) is 0.967. The van der Waals surface area contributed by atoms with Crippen LogP contribution in [0.25, 0.3) is 0 Å². The predicted molar refractivity (Wildman–Crippen MR) is 49.9 cm³/mol. The molecule has 1 aromatic rings. The highest BCUT2D eigenvalue weighted by molar-refractivity contribution is 5.03. The lowest BCUT2D eigenvalue weighted by Gasteiger charge is -2.07. The lowest BCUT2D eigenvalue weighted by atomic mass is 10.2. The Kier molecular flexibility index (Phi) is 3.02. The average molecular weight is 183 g/mol. The van der Waals surface area contributed by atoms with Gasteiger partial charge >= 0.3 is 5.69 Å². The van der Waals surface area contributed by atoms with E-state index in [1.807, 2.05) is 19.0 Å². The van der Waals surface area contributed by atoms with Gasteiger partial charge in [0.25, 0.3) is 5.56 Å². The first-order chi connectivity index (χ1) is 6.09. The number of hydrogen-bond acceptors (Lipinski definition) is 3. The number of aromatic nitrogens is 2. The van der Waals surface area contributed by atoms with E-state index in [4.69, 9.17) is 0 Å². The molecule has 72 valence electrons. The quantitative estimate of drug-likeness (QED) is 0.642. The molecule has 0 saturated heterocycles. The van der Waals surface area contributed by atoms with Crippen LogP contribution < -0.4 is 11.2 Å². The molecule has 0 atom stereocenters. The number of H-pyrrole nitrogens is 2. The summed E-state index contributed by atoms with van der Waals surface area (Å²) in [7, 11) is 3.86. The molecule has 0 aromatic carbocycles. The van der Waals surface area contributed by atoms with Gasteiger partial charge in [0.15, 0.2) is 0 Å². The third-order valence-electron chi connectivity index (χ3n) is 1.72. The van der Waals surface area contributed by atoms with Crippen LogP contribution in [0.3, 0.4) is 0 Å². The molecule has 0 radical (unpaired) electrons. The van der Waals surface area contributed by atoms with Crippen molar-refractivity contribution in [3.63, 3.8) is 0 Å². The van der Waals surface area contributed by atoms with Crippen molar-refractivity contribution >= 4 is 0 Å². The number of hydrogen-bond donors (Lipinski definition) is 2. The van der Waals surface area contributed by atoms with Crippen molar-refractivity contribution in [3.8, 4) is 0 Å². The van der Waals surface area contributed by atoms with Gasteiger partial charge in [-0.25, -0.2) is 4.79 Å². The highest BCUT2D eigenvalue weighted by Crippen LogP contribution is 1.88. The maximum absolute atomic E-state index is 11.2. The summed E-state index contributed by atoms with van der Waals surface area (Å²) >= 11 is 0. The van der Waals surface area contributed by atoms with Crippen LogP contribution >= 0.6 is 0 Å². The van der Waals surface area contributed by atoms with Gasteiger partial charge in [0.1, 0.15) is 0 Å². The van der Waals surface area contributed by atoms with Crippen molar-refractivity contribution in [1.82, 2.24) is 14.9 Å². The van der Waals surface area contributed by atoms with E-state index in [2.05, 4.69) is 9.97 Å². The summed E-state index contributed by atoms with van der Waals surface area (Å²) in [6.07, 6.45) is 2.10. The third kappa shape index (κ3) is 2.87. The molecule has 1 heterocycles. The molecule has 1 aromatic heterocycles.